The Morgan fingerprint density at radius 2 is 2.29 bits per heavy atom. The van der Waals surface area contributed by atoms with Gasteiger partial charge in [0.1, 0.15) is 12.4 Å². The van der Waals surface area contributed by atoms with Gasteiger partial charge < -0.3 is 15.0 Å². The second kappa shape index (κ2) is 4.13. The summed E-state index contributed by atoms with van der Waals surface area (Å²) >= 11 is 0. The van der Waals surface area contributed by atoms with Crippen molar-refractivity contribution in [3.8, 4) is 0 Å². The van der Waals surface area contributed by atoms with Crippen LogP contribution in [0.15, 0.2) is 18.2 Å². The molecule has 1 aliphatic rings. The SMILES string of the molecule is COCc1nc2cc(CN)ccc2n1C1CC1. The topological polar surface area (TPSA) is 53.1 Å². The summed E-state index contributed by atoms with van der Waals surface area (Å²) in [4.78, 5) is 4.65. The number of nitrogens with two attached hydrogens (primary N) is 1. The van der Waals surface area contributed by atoms with Crippen LogP contribution in [0.1, 0.15) is 30.3 Å². The molecule has 17 heavy (non-hydrogen) atoms. The third kappa shape index (κ3) is 1.83. The first-order valence-corrected chi connectivity index (χ1v) is 6.02. The Labute approximate surface area is 100 Å². The second-order valence-corrected chi connectivity index (χ2v) is 4.59. The van der Waals surface area contributed by atoms with Crippen LogP contribution in [-0.4, -0.2) is 16.7 Å². The lowest BCUT2D eigenvalue weighted by Crippen LogP contribution is -2.02. The molecule has 3 rings (SSSR count). The van der Waals surface area contributed by atoms with Gasteiger partial charge in [0.05, 0.1) is 11.0 Å². The van der Waals surface area contributed by atoms with Crippen LogP contribution >= 0.6 is 0 Å². The van der Waals surface area contributed by atoms with E-state index < -0.39 is 0 Å². The Morgan fingerprint density at radius 3 is 2.94 bits per heavy atom. The standard InChI is InChI=1S/C13H17N3O/c1-17-8-13-15-11-6-9(7-14)2-5-12(11)16(13)10-3-4-10/h2,5-6,10H,3-4,7-8,14H2,1H3. The Balaban J connectivity index is 2.15. The minimum atomic E-state index is 0.561. The fraction of sp³-hybridized carbons (Fsp3) is 0.462. The first-order chi connectivity index (χ1) is 8.33. The Morgan fingerprint density at radius 1 is 1.47 bits per heavy atom. The number of hydrogen-bond acceptors (Lipinski definition) is 3. The average molecular weight is 231 g/mol. The summed E-state index contributed by atoms with van der Waals surface area (Å²) in [6.45, 7) is 1.13. The van der Waals surface area contributed by atoms with Gasteiger partial charge in [0.15, 0.2) is 0 Å². The van der Waals surface area contributed by atoms with E-state index in [2.05, 4.69) is 27.8 Å². The summed E-state index contributed by atoms with van der Waals surface area (Å²) in [5.74, 6) is 1.03. The second-order valence-electron chi connectivity index (χ2n) is 4.59. The molecule has 90 valence electrons. The van der Waals surface area contributed by atoms with Crippen LogP contribution in [0.5, 0.6) is 0 Å². The lowest BCUT2D eigenvalue weighted by molar-refractivity contribution is 0.174. The molecule has 0 unspecified atom stereocenters. The Bertz CT molecular complexity index is 543. The fourth-order valence-corrected chi connectivity index (χ4v) is 2.29. The van der Waals surface area contributed by atoms with Crippen LogP contribution in [0.2, 0.25) is 0 Å². The van der Waals surface area contributed by atoms with E-state index in [9.17, 15) is 0 Å². The zero-order valence-electron chi connectivity index (χ0n) is 10.0. The van der Waals surface area contributed by atoms with E-state index >= 15 is 0 Å². The van der Waals surface area contributed by atoms with Gasteiger partial charge in [0.2, 0.25) is 0 Å². The van der Waals surface area contributed by atoms with Gasteiger partial charge in [0, 0.05) is 19.7 Å². The van der Waals surface area contributed by atoms with Crippen molar-refractivity contribution in [1.29, 1.82) is 0 Å². The van der Waals surface area contributed by atoms with Crippen LogP contribution in [0.3, 0.4) is 0 Å². The van der Waals surface area contributed by atoms with Gasteiger partial charge in [-0.2, -0.15) is 0 Å². The van der Waals surface area contributed by atoms with Crippen molar-refractivity contribution in [1.82, 2.24) is 9.55 Å². The van der Waals surface area contributed by atoms with Crippen molar-refractivity contribution in [2.45, 2.75) is 32.0 Å². The third-order valence-electron chi connectivity index (χ3n) is 3.25. The van der Waals surface area contributed by atoms with Crippen LogP contribution in [0, 0.1) is 0 Å². The number of rotatable bonds is 4. The fourth-order valence-electron chi connectivity index (χ4n) is 2.29. The van der Waals surface area contributed by atoms with Crippen LogP contribution in [0.25, 0.3) is 11.0 Å². The van der Waals surface area contributed by atoms with Gasteiger partial charge in [0.25, 0.3) is 0 Å². The molecular formula is C13H17N3O. The lowest BCUT2D eigenvalue weighted by atomic mass is 10.2. The first-order valence-electron chi connectivity index (χ1n) is 6.02. The maximum absolute atomic E-state index is 5.66. The molecule has 2 aromatic rings. The molecule has 0 radical (unpaired) electrons. The molecule has 1 aromatic carbocycles. The number of fused-ring (bicyclic) bond motifs is 1. The minimum absolute atomic E-state index is 0.561. The monoisotopic (exact) mass is 231 g/mol. The number of ether oxygens (including phenoxy) is 1. The molecular weight excluding hydrogens is 214 g/mol. The maximum Gasteiger partial charge on any atom is 0.136 e. The van der Waals surface area contributed by atoms with E-state index in [0.29, 0.717) is 19.2 Å². The molecule has 0 amide bonds. The van der Waals surface area contributed by atoms with E-state index in [1.807, 2.05) is 0 Å². The van der Waals surface area contributed by atoms with Crippen LogP contribution in [0.4, 0.5) is 0 Å². The number of methoxy groups -OCH3 is 1. The number of aromatic nitrogens is 2. The van der Waals surface area contributed by atoms with Crippen molar-refractivity contribution in [2.24, 2.45) is 5.73 Å². The zero-order chi connectivity index (χ0) is 11.8. The van der Waals surface area contributed by atoms with Crippen molar-refractivity contribution in [2.75, 3.05) is 7.11 Å². The first kappa shape index (κ1) is 10.7. The van der Waals surface area contributed by atoms with E-state index in [0.717, 1.165) is 16.9 Å². The average Bonchev–Trinajstić information content (AvgIpc) is 3.11. The largest absolute Gasteiger partial charge is 0.377 e. The molecule has 0 aliphatic heterocycles. The number of hydrogen-bond donors (Lipinski definition) is 1. The van der Waals surface area contributed by atoms with Crippen LogP contribution < -0.4 is 5.73 Å². The molecule has 1 aromatic heterocycles. The van der Waals surface area contributed by atoms with E-state index in [4.69, 9.17) is 10.5 Å². The van der Waals surface area contributed by atoms with Crippen LogP contribution in [-0.2, 0) is 17.9 Å². The predicted molar refractivity (Wildman–Crippen MR) is 66.6 cm³/mol. The lowest BCUT2D eigenvalue weighted by Gasteiger charge is -2.06. The quantitative estimate of drug-likeness (QED) is 0.875. The number of imidazole rings is 1. The van der Waals surface area contributed by atoms with E-state index in [1.165, 1.54) is 18.4 Å². The molecule has 0 spiro atoms. The van der Waals surface area contributed by atoms with E-state index in [1.54, 1.807) is 7.11 Å². The molecule has 1 fully saturated rings. The molecule has 0 bridgehead atoms. The highest BCUT2D eigenvalue weighted by atomic mass is 16.5. The minimum Gasteiger partial charge on any atom is -0.377 e. The van der Waals surface area contributed by atoms with E-state index in [-0.39, 0.29) is 0 Å². The highest BCUT2D eigenvalue weighted by Crippen LogP contribution is 2.38. The molecule has 0 atom stereocenters. The maximum atomic E-state index is 5.66. The predicted octanol–water partition coefficient (Wildman–Crippen LogP) is 1.98. The molecule has 1 saturated carbocycles. The third-order valence-corrected chi connectivity index (χ3v) is 3.25. The highest BCUT2D eigenvalue weighted by Gasteiger charge is 2.27. The molecule has 0 saturated heterocycles. The van der Waals surface area contributed by atoms with Gasteiger partial charge >= 0.3 is 0 Å². The van der Waals surface area contributed by atoms with Crippen molar-refractivity contribution in [3.63, 3.8) is 0 Å². The molecule has 4 heteroatoms. The van der Waals surface area contributed by atoms with Gasteiger partial charge in [-0.3, -0.25) is 0 Å². The molecule has 4 nitrogen and oxygen atoms in total. The van der Waals surface area contributed by atoms with Gasteiger partial charge in [-0.1, -0.05) is 6.07 Å². The summed E-state index contributed by atoms with van der Waals surface area (Å²) in [5, 5.41) is 0. The summed E-state index contributed by atoms with van der Waals surface area (Å²) in [5.41, 5.74) is 9.02. The number of benzene rings is 1. The summed E-state index contributed by atoms with van der Waals surface area (Å²) in [6, 6.07) is 6.91. The van der Waals surface area contributed by atoms with Gasteiger partial charge in [-0.15, -0.1) is 0 Å². The summed E-state index contributed by atoms with van der Waals surface area (Å²) in [6.07, 6.45) is 2.50. The molecule has 1 heterocycles. The van der Waals surface area contributed by atoms with Crippen molar-refractivity contribution < 1.29 is 4.74 Å². The van der Waals surface area contributed by atoms with Crippen molar-refractivity contribution in [3.05, 3.63) is 29.6 Å². The Kier molecular flexibility index (Phi) is 2.61. The number of nitrogens with zero attached hydrogens (tertiary/aromatic N) is 2. The molecule has 1 aliphatic carbocycles. The molecule has 2 N–H and O–H groups in total. The van der Waals surface area contributed by atoms with Crippen molar-refractivity contribution >= 4 is 11.0 Å². The normalized spacial score (nSPS) is 15.6. The summed E-state index contributed by atoms with van der Waals surface area (Å²) in [7, 11) is 1.71. The van der Waals surface area contributed by atoms with Gasteiger partial charge in [-0.05, 0) is 30.5 Å². The van der Waals surface area contributed by atoms with Gasteiger partial charge in [-0.25, -0.2) is 4.98 Å². The highest BCUT2D eigenvalue weighted by molar-refractivity contribution is 5.77. The smallest absolute Gasteiger partial charge is 0.136 e. The summed E-state index contributed by atoms with van der Waals surface area (Å²) < 4.78 is 7.54. The Hall–Kier alpha value is -1.39. The zero-order valence-corrected chi connectivity index (χ0v) is 10.0.